The number of ether oxygens (including phenoxy) is 2. The highest BCUT2D eigenvalue weighted by Gasteiger charge is 2.28. The van der Waals surface area contributed by atoms with Crippen molar-refractivity contribution in [1.29, 1.82) is 0 Å². The summed E-state index contributed by atoms with van der Waals surface area (Å²) in [4.78, 5) is 23.2. The van der Waals surface area contributed by atoms with E-state index in [-0.39, 0.29) is 22.8 Å². The summed E-state index contributed by atoms with van der Waals surface area (Å²) < 4.78 is 43.1. The van der Waals surface area contributed by atoms with Gasteiger partial charge in [-0.05, 0) is 36.6 Å². The maximum absolute atomic E-state index is 14.3. The number of aryl methyl sites for hydroxylation is 2. The molecule has 4 aromatic rings. The van der Waals surface area contributed by atoms with E-state index in [0.29, 0.717) is 61.7 Å². The third-order valence-corrected chi connectivity index (χ3v) is 9.37. The minimum Gasteiger partial charge on any atom is -0.493 e. The molecule has 1 aliphatic rings. The minimum absolute atomic E-state index is 0.104. The van der Waals surface area contributed by atoms with Gasteiger partial charge in [-0.2, -0.15) is 9.40 Å². The van der Waals surface area contributed by atoms with Crippen molar-refractivity contribution in [2.45, 2.75) is 44.6 Å². The smallest absolute Gasteiger partial charge is 0.277 e. The van der Waals surface area contributed by atoms with Gasteiger partial charge in [0.2, 0.25) is 10.0 Å². The Kier molecular flexibility index (Phi) is 9.91. The average Bonchev–Trinajstić information content (AvgIpc) is 3.34. The van der Waals surface area contributed by atoms with E-state index in [4.69, 9.17) is 14.5 Å². The number of rotatable bonds is 13. The van der Waals surface area contributed by atoms with Crippen LogP contribution in [0.25, 0.3) is 22.4 Å². The van der Waals surface area contributed by atoms with Crippen LogP contribution in [0.1, 0.15) is 37.9 Å². The molecule has 2 aromatic heterocycles. The molecule has 43 heavy (non-hydrogen) atoms. The second-order valence-corrected chi connectivity index (χ2v) is 12.7. The molecule has 0 bridgehead atoms. The normalized spacial score (nSPS) is 14.5. The molecule has 1 N–H and O–H groups in total. The number of nitrogens with one attached hydrogen (secondary N) is 1. The number of aromatic amines is 1. The number of hydrogen-bond acceptors (Lipinski definition) is 8. The Morgan fingerprint density at radius 1 is 1.07 bits per heavy atom. The topological polar surface area (TPSA) is 123 Å². The van der Waals surface area contributed by atoms with Gasteiger partial charge in [0.25, 0.3) is 5.56 Å². The SMILES string of the molecule is CCCOc1ccc(S(=O)(=O)N(CCN2CCOCC2)Cc2ccccc2)cc1-c1nc2c(CCC)nn(C)c2c(=O)[nH]1. The van der Waals surface area contributed by atoms with Crippen LogP contribution in [-0.2, 0) is 34.8 Å². The van der Waals surface area contributed by atoms with Crippen LogP contribution in [0.5, 0.6) is 5.75 Å². The largest absolute Gasteiger partial charge is 0.493 e. The van der Waals surface area contributed by atoms with Gasteiger partial charge in [0, 0.05) is 39.8 Å². The van der Waals surface area contributed by atoms with Gasteiger partial charge >= 0.3 is 0 Å². The molecule has 12 heteroatoms. The van der Waals surface area contributed by atoms with E-state index in [1.54, 1.807) is 29.9 Å². The van der Waals surface area contributed by atoms with Crippen LogP contribution >= 0.6 is 0 Å². The van der Waals surface area contributed by atoms with Crippen LogP contribution in [0.3, 0.4) is 0 Å². The zero-order chi connectivity index (χ0) is 30.4. The fourth-order valence-corrected chi connectivity index (χ4v) is 6.72. The van der Waals surface area contributed by atoms with E-state index in [0.717, 1.165) is 37.2 Å². The summed E-state index contributed by atoms with van der Waals surface area (Å²) in [5.41, 5.74) is 2.58. The Morgan fingerprint density at radius 3 is 2.56 bits per heavy atom. The molecule has 3 heterocycles. The lowest BCUT2D eigenvalue weighted by Crippen LogP contribution is -2.42. The molecule has 2 aromatic carbocycles. The predicted molar refractivity (Wildman–Crippen MR) is 166 cm³/mol. The molecule has 0 amide bonds. The van der Waals surface area contributed by atoms with Crippen molar-refractivity contribution in [3.63, 3.8) is 0 Å². The van der Waals surface area contributed by atoms with Gasteiger partial charge in [-0.15, -0.1) is 0 Å². The third-order valence-electron chi connectivity index (χ3n) is 7.53. The average molecular weight is 609 g/mol. The molecule has 5 rings (SSSR count). The molecule has 0 unspecified atom stereocenters. The van der Waals surface area contributed by atoms with Gasteiger partial charge in [-0.1, -0.05) is 50.6 Å². The highest BCUT2D eigenvalue weighted by molar-refractivity contribution is 7.89. The second-order valence-electron chi connectivity index (χ2n) is 10.7. The third kappa shape index (κ3) is 6.98. The van der Waals surface area contributed by atoms with Crippen LogP contribution in [-0.4, -0.2) is 83.4 Å². The predicted octanol–water partition coefficient (Wildman–Crippen LogP) is 3.59. The first-order valence-electron chi connectivity index (χ1n) is 14.9. The summed E-state index contributed by atoms with van der Waals surface area (Å²) >= 11 is 0. The Labute approximate surface area is 252 Å². The summed E-state index contributed by atoms with van der Waals surface area (Å²) in [6.07, 6.45) is 2.27. The van der Waals surface area contributed by atoms with Crippen molar-refractivity contribution < 1.29 is 17.9 Å². The van der Waals surface area contributed by atoms with Gasteiger partial charge in [-0.25, -0.2) is 13.4 Å². The fraction of sp³-hybridized carbons (Fsp3) is 0.452. The van der Waals surface area contributed by atoms with Crippen molar-refractivity contribution in [2.24, 2.45) is 7.05 Å². The van der Waals surface area contributed by atoms with Crippen LogP contribution in [0.4, 0.5) is 0 Å². The lowest BCUT2D eigenvalue weighted by Gasteiger charge is -2.30. The van der Waals surface area contributed by atoms with Crippen molar-refractivity contribution in [3.8, 4) is 17.1 Å². The minimum atomic E-state index is -3.95. The first-order chi connectivity index (χ1) is 20.8. The Balaban J connectivity index is 1.57. The van der Waals surface area contributed by atoms with Gasteiger partial charge in [0.15, 0.2) is 5.52 Å². The van der Waals surface area contributed by atoms with Crippen molar-refractivity contribution in [1.82, 2.24) is 29.0 Å². The van der Waals surface area contributed by atoms with E-state index in [1.165, 1.54) is 4.31 Å². The first kappa shape index (κ1) is 30.9. The quantitative estimate of drug-likeness (QED) is 0.244. The summed E-state index contributed by atoms with van der Waals surface area (Å²) in [7, 11) is -2.23. The Bertz CT molecular complexity index is 1700. The van der Waals surface area contributed by atoms with E-state index < -0.39 is 10.0 Å². The van der Waals surface area contributed by atoms with Crippen LogP contribution in [0.2, 0.25) is 0 Å². The van der Waals surface area contributed by atoms with Crippen LogP contribution in [0, 0.1) is 0 Å². The summed E-state index contributed by atoms with van der Waals surface area (Å²) in [6, 6.07) is 14.4. The van der Waals surface area contributed by atoms with Crippen molar-refractivity contribution >= 4 is 21.1 Å². The molecule has 0 spiro atoms. The number of aromatic nitrogens is 4. The number of hydrogen-bond donors (Lipinski definition) is 1. The standard InChI is InChI=1S/C31H40N6O5S/c1-4-9-26-28-29(35(3)34-26)31(38)33-30(32-28)25-21-24(12-13-27(25)42-18-5-2)43(39,40)37(22-23-10-7-6-8-11-23)15-14-36-16-19-41-20-17-36/h6-8,10-13,21H,4-5,9,14-20,22H2,1-3H3,(H,32,33,38). The van der Waals surface area contributed by atoms with Gasteiger partial charge in [0.1, 0.15) is 17.1 Å². The first-order valence-corrected chi connectivity index (χ1v) is 16.3. The Morgan fingerprint density at radius 2 is 1.84 bits per heavy atom. The molecular weight excluding hydrogens is 568 g/mol. The summed E-state index contributed by atoms with van der Waals surface area (Å²) in [5, 5.41) is 4.51. The molecule has 1 fully saturated rings. The van der Waals surface area contributed by atoms with E-state index >= 15 is 0 Å². The van der Waals surface area contributed by atoms with Gasteiger partial charge < -0.3 is 14.5 Å². The molecule has 0 radical (unpaired) electrons. The molecule has 0 saturated carbocycles. The number of fused-ring (bicyclic) bond motifs is 1. The maximum atomic E-state index is 14.3. The molecule has 1 saturated heterocycles. The van der Waals surface area contributed by atoms with Crippen LogP contribution < -0.4 is 10.3 Å². The van der Waals surface area contributed by atoms with E-state index in [9.17, 15) is 13.2 Å². The number of morpholine rings is 1. The van der Waals surface area contributed by atoms with Crippen molar-refractivity contribution in [2.75, 3.05) is 46.0 Å². The highest BCUT2D eigenvalue weighted by Crippen LogP contribution is 2.32. The zero-order valence-corrected chi connectivity index (χ0v) is 25.9. The van der Waals surface area contributed by atoms with Gasteiger partial charge in [0.05, 0.1) is 36.0 Å². The lowest BCUT2D eigenvalue weighted by atomic mass is 10.1. The van der Waals surface area contributed by atoms with Crippen molar-refractivity contribution in [3.05, 3.63) is 70.1 Å². The molecule has 11 nitrogen and oxygen atoms in total. The monoisotopic (exact) mass is 608 g/mol. The molecule has 1 aliphatic heterocycles. The fourth-order valence-electron chi connectivity index (χ4n) is 5.27. The maximum Gasteiger partial charge on any atom is 0.277 e. The second kappa shape index (κ2) is 13.8. The number of benzene rings is 2. The van der Waals surface area contributed by atoms with E-state index in [2.05, 4.69) is 15.0 Å². The molecule has 0 atom stereocenters. The number of nitrogens with zero attached hydrogens (tertiary/aromatic N) is 5. The van der Waals surface area contributed by atoms with Gasteiger partial charge in [-0.3, -0.25) is 14.4 Å². The van der Waals surface area contributed by atoms with Crippen LogP contribution in [0.15, 0.2) is 58.2 Å². The summed E-state index contributed by atoms with van der Waals surface area (Å²) in [6.45, 7) is 8.41. The molecule has 230 valence electrons. The number of H-pyrrole nitrogens is 1. The molecular formula is C31H40N6O5S. The number of sulfonamides is 1. The zero-order valence-electron chi connectivity index (χ0n) is 25.1. The lowest BCUT2D eigenvalue weighted by molar-refractivity contribution is 0.0361. The molecule has 0 aliphatic carbocycles. The highest BCUT2D eigenvalue weighted by atomic mass is 32.2. The Hall–Kier alpha value is -3.58. The van der Waals surface area contributed by atoms with E-state index in [1.807, 2.05) is 44.2 Å². The summed E-state index contributed by atoms with van der Waals surface area (Å²) in [5.74, 6) is 0.695.